The maximum absolute atomic E-state index is 11.7. The lowest BCUT2D eigenvalue weighted by molar-refractivity contribution is -0.138. The fraction of sp³-hybridized carbons (Fsp3) is 0.839. The molecule has 3 rings (SSSR count). The lowest BCUT2D eigenvalue weighted by Crippen LogP contribution is -2.34. The summed E-state index contributed by atoms with van der Waals surface area (Å²) in [4.78, 5) is 11.7. The number of rotatable bonds is 15. The minimum Gasteiger partial charge on any atom is -0.380 e. The molecule has 0 aromatic heterocycles. The van der Waals surface area contributed by atoms with Crippen LogP contribution in [-0.4, -0.2) is 36.5 Å². The maximum Gasteiger partial charge on any atom is 0.248 e. The Morgan fingerprint density at radius 2 is 1.75 bits per heavy atom. The van der Waals surface area contributed by atoms with E-state index in [0.717, 1.165) is 51.0 Å². The lowest BCUT2D eigenvalue weighted by Gasteiger charge is -2.27. The molecule has 2 saturated heterocycles. The zero-order chi connectivity index (χ0) is 25.6. The largest absolute Gasteiger partial charge is 0.380 e. The fourth-order valence-corrected chi connectivity index (χ4v) is 6.33. The highest BCUT2D eigenvalue weighted by Crippen LogP contribution is 2.45. The first-order valence-corrected chi connectivity index (χ1v) is 14.8. The van der Waals surface area contributed by atoms with Gasteiger partial charge in [0.25, 0.3) is 0 Å². The Balaban J connectivity index is 1.24. The summed E-state index contributed by atoms with van der Waals surface area (Å²) in [6.45, 7) is 5.19. The molecule has 2 heterocycles. The molecule has 0 spiro atoms. The fourth-order valence-electron chi connectivity index (χ4n) is 6.33. The Morgan fingerprint density at radius 1 is 1.00 bits per heavy atom. The summed E-state index contributed by atoms with van der Waals surface area (Å²) in [7, 11) is 0. The molecular formula is C31H51NO4. The zero-order valence-electron chi connectivity index (χ0n) is 22.9. The normalized spacial score (nSPS) is 26.3. The lowest BCUT2D eigenvalue weighted by atomic mass is 9.78. The molecule has 3 aliphatic rings. The second-order valence-electron chi connectivity index (χ2n) is 12.0. The second-order valence-corrected chi connectivity index (χ2v) is 12.0. The Bertz CT molecular complexity index is 731. The van der Waals surface area contributed by atoms with E-state index in [9.17, 15) is 4.79 Å². The minimum absolute atomic E-state index is 0.329. The van der Waals surface area contributed by atoms with Crippen LogP contribution in [0.5, 0.6) is 0 Å². The van der Waals surface area contributed by atoms with E-state index in [-0.39, 0.29) is 5.91 Å². The molecule has 5 nitrogen and oxygen atoms in total. The van der Waals surface area contributed by atoms with E-state index >= 15 is 0 Å². The highest BCUT2D eigenvalue weighted by Gasteiger charge is 2.48. The SMILES string of the molecule is CC(C)(CCC=CC[C@H]1[C@@H](COCCC#CCCCCCC2CCCCC2)[C@H]2CC[C@@H]1O2)C(=O)NO. The van der Waals surface area contributed by atoms with Crippen molar-refractivity contribution in [1.29, 1.82) is 0 Å². The van der Waals surface area contributed by atoms with Crippen LogP contribution < -0.4 is 5.48 Å². The molecule has 1 aliphatic carbocycles. The van der Waals surface area contributed by atoms with Gasteiger partial charge in [0.05, 0.1) is 25.4 Å². The summed E-state index contributed by atoms with van der Waals surface area (Å²) in [5, 5.41) is 8.86. The summed E-state index contributed by atoms with van der Waals surface area (Å²) in [5.41, 5.74) is 1.20. The minimum atomic E-state index is -0.567. The number of carbonyl (C=O) groups is 1. The summed E-state index contributed by atoms with van der Waals surface area (Å²) in [5.74, 6) is 8.33. The third-order valence-electron chi connectivity index (χ3n) is 8.76. The molecule has 0 aromatic rings. The van der Waals surface area contributed by atoms with E-state index in [1.165, 1.54) is 57.8 Å². The second kappa shape index (κ2) is 15.8. The summed E-state index contributed by atoms with van der Waals surface area (Å²) in [6, 6.07) is 0. The zero-order valence-corrected chi connectivity index (χ0v) is 22.9. The number of hydroxylamine groups is 1. The van der Waals surface area contributed by atoms with Gasteiger partial charge in [0.15, 0.2) is 0 Å². The molecule has 36 heavy (non-hydrogen) atoms. The van der Waals surface area contributed by atoms with Gasteiger partial charge in [-0.3, -0.25) is 10.0 Å². The van der Waals surface area contributed by atoms with Gasteiger partial charge < -0.3 is 9.47 Å². The highest BCUT2D eigenvalue weighted by atomic mass is 16.5. The van der Waals surface area contributed by atoms with Crippen LogP contribution in [0.4, 0.5) is 0 Å². The third kappa shape index (κ3) is 9.51. The van der Waals surface area contributed by atoms with Gasteiger partial charge in [-0.2, -0.15) is 0 Å². The van der Waals surface area contributed by atoms with Crippen molar-refractivity contribution in [1.82, 2.24) is 5.48 Å². The average Bonchev–Trinajstić information content (AvgIpc) is 3.49. The van der Waals surface area contributed by atoms with Gasteiger partial charge in [0, 0.05) is 24.2 Å². The first-order chi connectivity index (χ1) is 17.5. The molecule has 4 atom stereocenters. The number of ether oxygens (including phenoxy) is 2. The van der Waals surface area contributed by atoms with E-state index in [1.54, 1.807) is 5.48 Å². The molecule has 5 heteroatoms. The van der Waals surface area contributed by atoms with Crippen LogP contribution in [0.1, 0.15) is 117 Å². The van der Waals surface area contributed by atoms with Crippen molar-refractivity contribution in [2.24, 2.45) is 23.2 Å². The van der Waals surface area contributed by atoms with Gasteiger partial charge in [0.2, 0.25) is 5.91 Å². The molecule has 0 radical (unpaired) electrons. The number of hydrogen-bond acceptors (Lipinski definition) is 4. The van der Waals surface area contributed by atoms with Crippen molar-refractivity contribution in [3.8, 4) is 11.8 Å². The molecular weight excluding hydrogens is 450 g/mol. The van der Waals surface area contributed by atoms with E-state index in [4.69, 9.17) is 14.7 Å². The molecule has 204 valence electrons. The van der Waals surface area contributed by atoms with E-state index < -0.39 is 5.41 Å². The third-order valence-corrected chi connectivity index (χ3v) is 8.76. The Hall–Kier alpha value is -1.35. The molecule has 2 aliphatic heterocycles. The van der Waals surface area contributed by atoms with Crippen molar-refractivity contribution in [2.45, 2.75) is 129 Å². The van der Waals surface area contributed by atoms with E-state index in [0.29, 0.717) is 37.1 Å². The molecule has 0 unspecified atom stereocenters. The van der Waals surface area contributed by atoms with Crippen LogP contribution in [0.25, 0.3) is 0 Å². The van der Waals surface area contributed by atoms with Crippen molar-refractivity contribution in [2.75, 3.05) is 13.2 Å². The summed E-state index contributed by atoms with van der Waals surface area (Å²) in [6.07, 6.45) is 24.5. The number of amides is 1. The van der Waals surface area contributed by atoms with E-state index in [2.05, 4.69) is 24.0 Å². The van der Waals surface area contributed by atoms with Crippen LogP contribution in [0.2, 0.25) is 0 Å². The van der Waals surface area contributed by atoms with Gasteiger partial charge in [-0.1, -0.05) is 77.4 Å². The molecule has 2 bridgehead atoms. The van der Waals surface area contributed by atoms with Crippen LogP contribution >= 0.6 is 0 Å². The van der Waals surface area contributed by atoms with Crippen molar-refractivity contribution in [3.63, 3.8) is 0 Å². The van der Waals surface area contributed by atoms with Gasteiger partial charge in [-0.05, 0) is 50.4 Å². The molecule has 0 aromatic carbocycles. The predicted molar refractivity (Wildman–Crippen MR) is 144 cm³/mol. The summed E-state index contributed by atoms with van der Waals surface area (Å²) < 4.78 is 12.3. The number of fused-ring (bicyclic) bond motifs is 2. The molecule has 1 amide bonds. The highest BCUT2D eigenvalue weighted by molar-refractivity contribution is 5.80. The van der Waals surface area contributed by atoms with Crippen LogP contribution in [-0.2, 0) is 14.3 Å². The smallest absolute Gasteiger partial charge is 0.248 e. The summed E-state index contributed by atoms with van der Waals surface area (Å²) >= 11 is 0. The molecule has 2 N–H and O–H groups in total. The monoisotopic (exact) mass is 501 g/mol. The number of nitrogens with one attached hydrogen (secondary N) is 1. The first-order valence-electron chi connectivity index (χ1n) is 14.8. The van der Waals surface area contributed by atoms with Crippen LogP contribution in [0.3, 0.4) is 0 Å². The topological polar surface area (TPSA) is 67.8 Å². The van der Waals surface area contributed by atoms with Gasteiger partial charge >= 0.3 is 0 Å². The Morgan fingerprint density at radius 3 is 2.53 bits per heavy atom. The van der Waals surface area contributed by atoms with Crippen molar-refractivity contribution in [3.05, 3.63) is 12.2 Å². The Labute approximate surface area is 220 Å². The maximum atomic E-state index is 11.7. The van der Waals surface area contributed by atoms with Crippen molar-refractivity contribution >= 4 is 5.91 Å². The van der Waals surface area contributed by atoms with Crippen LogP contribution in [0.15, 0.2) is 12.2 Å². The quantitative estimate of drug-likeness (QED) is 0.0835. The van der Waals surface area contributed by atoms with Gasteiger partial charge in [0.1, 0.15) is 0 Å². The Kier molecular flexibility index (Phi) is 12.8. The first kappa shape index (κ1) is 29.2. The number of carbonyl (C=O) groups excluding carboxylic acids is 1. The van der Waals surface area contributed by atoms with Gasteiger partial charge in [-0.15, -0.1) is 11.8 Å². The number of unbranched alkanes of at least 4 members (excludes halogenated alkanes) is 3. The van der Waals surface area contributed by atoms with Crippen LogP contribution in [0, 0.1) is 35.0 Å². The average molecular weight is 502 g/mol. The standard InChI is InChI=1S/C31H51NO4/c1-31(2,30(33)32-34)22-14-9-13-19-26-27(29-21-20-28(26)36-29)24-35-23-15-7-5-3-4-6-10-16-25-17-11-8-12-18-25/h9,13,25-29,34H,3-4,6,8,10-12,14-24H2,1-2H3,(H,32,33)/t26-,27+,28-,29+/m0/s1. The number of hydrogen-bond donors (Lipinski definition) is 2. The van der Waals surface area contributed by atoms with E-state index in [1.807, 2.05) is 13.8 Å². The number of allylic oxidation sites excluding steroid dienone is 2. The molecule has 1 saturated carbocycles. The van der Waals surface area contributed by atoms with Crippen molar-refractivity contribution < 1.29 is 19.5 Å². The molecule has 3 fully saturated rings. The van der Waals surface area contributed by atoms with Gasteiger partial charge in [-0.25, -0.2) is 5.48 Å². The predicted octanol–water partition coefficient (Wildman–Crippen LogP) is 6.98.